The third kappa shape index (κ3) is 5.71. The van der Waals surface area contributed by atoms with Gasteiger partial charge in [-0.05, 0) is 38.6 Å². The summed E-state index contributed by atoms with van der Waals surface area (Å²) >= 11 is 0. The number of nitrogens with zero attached hydrogens (tertiary/aromatic N) is 1. The van der Waals surface area contributed by atoms with Gasteiger partial charge in [-0.2, -0.15) is 0 Å². The van der Waals surface area contributed by atoms with Crippen LogP contribution >= 0.6 is 0 Å². The highest BCUT2D eigenvalue weighted by Crippen LogP contribution is 2.36. The first-order valence-electron chi connectivity index (χ1n) is 8.55. The monoisotopic (exact) mass is 284 g/mol. The Morgan fingerprint density at radius 1 is 1.20 bits per heavy atom. The molecule has 0 radical (unpaired) electrons. The van der Waals surface area contributed by atoms with E-state index in [1.54, 1.807) is 0 Å². The van der Waals surface area contributed by atoms with Crippen LogP contribution in [0.25, 0.3) is 0 Å². The molecule has 3 nitrogen and oxygen atoms in total. The molecule has 1 rings (SSSR count). The van der Waals surface area contributed by atoms with Crippen molar-refractivity contribution in [3.8, 4) is 0 Å². The third-order valence-corrected chi connectivity index (χ3v) is 5.05. The molecule has 1 fully saturated rings. The summed E-state index contributed by atoms with van der Waals surface area (Å²) < 4.78 is 5.32. The Balaban J connectivity index is 2.71. The molecule has 0 aromatic heterocycles. The summed E-state index contributed by atoms with van der Waals surface area (Å²) in [5.41, 5.74) is 0.475. The first-order chi connectivity index (χ1) is 9.67. The first kappa shape index (κ1) is 17.9. The lowest BCUT2D eigenvalue weighted by Gasteiger charge is -2.40. The average molecular weight is 284 g/mol. The predicted octanol–water partition coefficient (Wildman–Crippen LogP) is 3.29. The highest BCUT2D eigenvalue weighted by atomic mass is 16.5. The fourth-order valence-corrected chi connectivity index (χ4v) is 3.60. The van der Waals surface area contributed by atoms with Gasteiger partial charge in [0.1, 0.15) is 0 Å². The molecule has 120 valence electrons. The van der Waals surface area contributed by atoms with Gasteiger partial charge in [0.2, 0.25) is 0 Å². The minimum atomic E-state index is 0.475. The first-order valence-corrected chi connectivity index (χ1v) is 8.55. The predicted molar refractivity (Wildman–Crippen MR) is 87.3 cm³/mol. The number of methoxy groups -OCH3 is 1. The Morgan fingerprint density at radius 3 is 2.35 bits per heavy atom. The maximum atomic E-state index is 5.32. The van der Waals surface area contributed by atoms with Crippen LogP contribution in [0.2, 0.25) is 0 Å². The maximum Gasteiger partial charge on any atom is 0.0589 e. The van der Waals surface area contributed by atoms with Crippen LogP contribution in [-0.2, 0) is 4.74 Å². The van der Waals surface area contributed by atoms with E-state index in [2.05, 4.69) is 31.1 Å². The van der Waals surface area contributed by atoms with Gasteiger partial charge < -0.3 is 10.1 Å². The molecule has 1 aliphatic rings. The fourth-order valence-electron chi connectivity index (χ4n) is 3.60. The molecule has 20 heavy (non-hydrogen) atoms. The van der Waals surface area contributed by atoms with Gasteiger partial charge in [-0.15, -0.1) is 0 Å². The molecular formula is C17H36N2O. The number of hydrogen-bond donors (Lipinski definition) is 1. The molecule has 1 aliphatic carbocycles. The van der Waals surface area contributed by atoms with Crippen molar-refractivity contribution in [2.45, 2.75) is 64.8 Å². The van der Waals surface area contributed by atoms with Crippen LogP contribution in [0.1, 0.15) is 58.8 Å². The molecule has 0 saturated heterocycles. The lowest BCUT2D eigenvalue weighted by atomic mass is 9.79. The molecule has 0 amide bonds. The van der Waals surface area contributed by atoms with E-state index in [0.29, 0.717) is 11.5 Å². The van der Waals surface area contributed by atoms with E-state index in [4.69, 9.17) is 4.74 Å². The van der Waals surface area contributed by atoms with E-state index < -0.39 is 0 Å². The van der Waals surface area contributed by atoms with Crippen LogP contribution in [0.4, 0.5) is 0 Å². The second-order valence-electron chi connectivity index (χ2n) is 6.67. The van der Waals surface area contributed by atoms with Crippen LogP contribution in [0, 0.1) is 5.41 Å². The van der Waals surface area contributed by atoms with Gasteiger partial charge in [-0.25, -0.2) is 0 Å². The molecule has 0 heterocycles. The minimum Gasteiger partial charge on any atom is -0.383 e. The molecule has 0 aromatic carbocycles. The Bertz CT molecular complexity index is 237. The second-order valence-corrected chi connectivity index (χ2v) is 6.67. The van der Waals surface area contributed by atoms with Crippen molar-refractivity contribution in [1.82, 2.24) is 10.2 Å². The molecule has 1 unspecified atom stereocenters. The normalized spacial score (nSPS) is 20.9. The van der Waals surface area contributed by atoms with E-state index in [1.807, 2.05) is 7.11 Å². The second kappa shape index (κ2) is 9.75. The number of rotatable bonds is 9. The Morgan fingerprint density at radius 2 is 1.85 bits per heavy atom. The maximum absolute atomic E-state index is 5.32. The van der Waals surface area contributed by atoms with Crippen molar-refractivity contribution in [2.24, 2.45) is 5.41 Å². The lowest BCUT2D eigenvalue weighted by Crippen LogP contribution is -2.47. The number of hydrogen-bond acceptors (Lipinski definition) is 3. The molecule has 1 atom stereocenters. The van der Waals surface area contributed by atoms with Crippen molar-refractivity contribution in [2.75, 3.05) is 40.4 Å². The van der Waals surface area contributed by atoms with Gasteiger partial charge in [0.05, 0.1) is 6.61 Å². The zero-order valence-electron chi connectivity index (χ0n) is 14.2. The van der Waals surface area contributed by atoms with E-state index in [-0.39, 0.29) is 0 Å². The highest BCUT2D eigenvalue weighted by Gasteiger charge is 2.33. The van der Waals surface area contributed by atoms with Crippen LogP contribution < -0.4 is 5.32 Å². The van der Waals surface area contributed by atoms with Crippen LogP contribution in [0.5, 0.6) is 0 Å². The van der Waals surface area contributed by atoms with E-state index in [0.717, 1.165) is 19.7 Å². The summed E-state index contributed by atoms with van der Waals surface area (Å²) in [7, 11) is 3.92. The molecule has 1 N–H and O–H groups in total. The molecule has 0 bridgehead atoms. The summed E-state index contributed by atoms with van der Waals surface area (Å²) in [6.45, 7) is 8.96. The van der Waals surface area contributed by atoms with Crippen molar-refractivity contribution in [1.29, 1.82) is 0 Å². The van der Waals surface area contributed by atoms with Gasteiger partial charge in [0.15, 0.2) is 0 Å². The topological polar surface area (TPSA) is 24.5 Å². The molecule has 1 saturated carbocycles. The van der Waals surface area contributed by atoms with Crippen LogP contribution in [-0.4, -0.2) is 51.3 Å². The zero-order valence-corrected chi connectivity index (χ0v) is 14.2. The van der Waals surface area contributed by atoms with Gasteiger partial charge in [0.25, 0.3) is 0 Å². The molecule has 0 aliphatic heterocycles. The minimum absolute atomic E-state index is 0.475. The van der Waals surface area contributed by atoms with E-state index in [9.17, 15) is 0 Å². The summed E-state index contributed by atoms with van der Waals surface area (Å²) in [4.78, 5) is 2.66. The van der Waals surface area contributed by atoms with E-state index in [1.165, 1.54) is 51.5 Å². The Kier molecular flexibility index (Phi) is 8.74. The van der Waals surface area contributed by atoms with Crippen LogP contribution in [0.15, 0.2) is 0 Å². The standard InChI is InChI=1S/C17H36N2O/c1-5-16(2)19(12-13-20-4)15-17(14-18-3)10-8-6-7-9-11-17/h16,18H,5-15H2,1-4H3. The zero-order chi connectivity index (χ0) is 14.8. The van der Waals surface area contributed by atoms with E-state index >= 15 is 0 Å². The Hall–Kier alpha value is -0.120. The average Bonchev–Trinajstić information content (AvgIpc) is 2.69. The van der Waals surface area contributed by atoms with Gasteiger partial charge in [-0.1, -0.05) is 32.6 Å². The fraction of sp³-hybridized carbons (Fsp3) is 1.00. The highest BCUT2D eigenvalue weighted by molar-refractivity contribution is 4.87. The molecular weight excluding hydrogens is 248 g/mol. The Labute approximate surface area is 126 Å². The van der Waals surface area contributed by atoms with Gasteiger partial charge >= 0.3 is 0 Å². The summed E-state index contributed by atoms with van der Waals surface area (Å²) in [6, 6.07) is 0.655. The smallest absolute Gasteiger partial charge is 0.0589 e. The molecule has 0 spiro atoms. The van der Waals surface area contributed by atoms with Crippen molar-refractivity contribution in [3.05, 3.63) is 0 Å². The summed E-state index contributed by atoms with van der Waals surface area (Å²) in [6.07, 6.45) is 9.64. The molecule has 0 aromatic rings. The van der Waals surface area contributed by atoms with Crippen molar-refractivity contribution >= 4 is 0 Å². The van der Waals surface area contributed by atoms with Crippen molar-refractivity contribution in [3.63, 3.8) is 0 Å². The summed E-state index contributed by atoms with van der Waals surface area (Å²) in [5, 5.41) is 3.47. The quantitative estimate of drug-likeness (QED) is 0.658. The van der Waals surface area contributed by atoms with Crippen molar-refractivity contribution < 1.29 is 4.74 Å². The lowest BCUT2D eigenvalue weighted by molar-refractivity contribution is 0.0689. The molecule has 3 heteroatoms. The van der Waals surface area contributed by atoms with Gasteiger partial charge in [-0.3, -0.25) is 4.90 Å². The largest absolute Gasteiger partial charge is 0.383 e. The SMILES string of the molecule is CCC(C)N(CCOC)CC1(CNC)CCCCCC1. The number of ether oxygens (including phenoxy) is 1. The summed E-state index contributed by atoms with van der Waals surface area (Å²) in [5.74, 6) is 0. The van der Waals surface area contributed by atoms with Gasteiger partial charge in [0, 0.05) is 32.8 Å². The third-order valence-electron chi connectivity index (χ3n) is 5.05. The van der Waals surface area contributed by atoms with Crippen LogP contribution in [0.3, 0.4) is 0 Å². The number of nitrogens with one attached hydrogen (secondary N) is 1.